The summed E-state index contributed by atoms with van der Waals surface area (Å²) in [7, 11) is -3.50. The van der Waals surface area contributed by atoms with E-state index in [2.05, 4.69) is 4.72 Å². The second-order valence-electron chi connectivity index (χ2n) is 7.05. The first-order valence-corrected chi connectivity index (χ1v) is 10.4. The van der Waals surface area contributed by atoms with E-state index in [9.17, 15) is 13.2 Å². The number of carbonyl (C=O) groups excluding carboxylic acids is 1. The second-order valence-corrected chi connectivity index (χ2v) is 8.76. The van der Waals surface area contributed by atoms with Crippen molar-refractivity contribution in [2.24, 2.45) is 0 Å². The Hall–Kier alpha value is -1.44. The summed E-state index contributed by atoms with van der Waals surface area (Å²) in [6.45, 7) is 4.38. The molecule has 1 aliphatic carbocycles. The Labute approximate surface area is 149 Å². The Kier molecular flexibility index (Phi) is 5.46. The molecule has 138 valence electrons. The normalized spacial score (nSPS) is 18.1. The lowest BCUT2D eigenvalue weighted by Gasteiger charge is -2.19. The van der Waals surface area contributed by atoms with Gasteiger partial charge in [0.15, 0.2) is 0 Å². The maximum atomic E-state index is 12.6. The number of amides is 1. The average Bonchev–Trinajstić information content (AvgIpc) is 3.20. The molecule has 25 heavy (non-hydrogen) atoms. The maximum absolute atomic E-state index is 12.6. The van der Waals surface area contributed by atoms with E-state index in [1.54, 1.807) is 23.1 Å². The van der Waals surface area contributed by atoms with Gasteiger partial charge >= 0.3 is 0 Å². The van der Waals surface area contributed by atoms with Gasteiger partial charge in [-0.3, -0.25) is 4.79 Å². The van der Waals surface area contributed by atoms with Crippen molar-refractivity contribution in [1.29, 1.82) is 0 Å². The van der Waals surface area contributed by atoms with Gasteiger partial charge in [0.2, 0.25) is 10.0 Å². The van der Waals surface area contributed by atoms with Crippen LogP contribution in [0.2, 0.25) is 0 Å². The highest BCUT2D eigenvalue weighted by Crippen LogP contribution is 2.31. The predicted molar refractivity (Wildman–Crippen MR) is 96.2 cm³/mol. The average molecular weight is 366 g/mol. The number of carbonyl (C=O) groups is 1. The summed E-state index contributed by atoms with van der Waals surface area (Å²) in [4.78, 5) is 14.3. The van der Waals surface area contributed by atoms with Crippen molar-refractivity contribution < 1.29 is 17.9 Å². The standard InChI is InChI=1S/C18H26N2O4S/c1-13(2)24-12-18(21)20-10-9-14-11-16(7-8-17(14)20)25(22,23)19-15-5-3-4-6-15/h7-8,11,13,15,19H,3-6,9-10,12H2,1-2H3. The molecule has 2 aliphatic rings. The zero-order valence-electron chi connectivity index (χ0n) is 14.8. The highest BCUT2D eigenvalue weighted by Gasteiger charge is 2.28. The minimum Gasteiger partial charge on any atom is -0.369 e. The molecule has 1 saturated carbocycles. The van der Waals surface area contributed by atoms with Gasteiger partial charge in [-0.25, -0.2) is 13.1 Å². The molecule has 1 N–H and O–H groups in total. The first kappa shape index (κ1) is 18.4. The lowest BCUT2D eigenvalue weighted by molar-refractivity contribution is -0.124. The van der Waals surface area contributed by atoms with Crippen molar-refractivity contribution in [2.75, 3.05) is 18.1 Å². The van der Waals surface area contributed by atoms with Crippen LogP contribution in [0.5, 0.6) is 0 Å². The van der Waals surface area contributed by atoms with Crippen molar-refractivity contribution in [3.63, 3.8) is 0 Å². The minimum atomic E-state index is -3.50. The van der Waals surface area contributed by atoms with Gasteiger partial charge in [-0.2, -0.15) is 0 Å². The molecule has 1 fully saturated rings. The summed E-state index contributed by atoms with van der Waals surface area (Å²) in [6.07, 6.45) is 4.63. The van der Waals surface area contributed by atoms with Gasteiger partial charge in [0.05, 0.1) is 11.0 Å². The van der Waals surface area contributed by atoms with Gasteiger partial charge in [-0.05, 0) is 56.9 Å². The lowest BCUT2D eigenvalue weighted by atomic mass is 10.2. The quantitative estimate of drug-likeness (QED) is 0.838. The molecule has 1 amide bonds. The molecule has 0 atom stereocenters. The van der Waals surface area contributed by atoms with E-state index in [1.807, 2.05) is 13.8 Å². The summed E-state index contributed by atoms with van der Waals surface area (Å²) in [5, 5.41) is 0. The molecular formula is C18H26N2O4S. The van der Waals surface area contributed by atoms with Crippen LogP contribution in [0.1, 0.15) is 45.1 Å². The zero-order chi connectivity index (χ0) is 18.0. The van der Waals surface area contributed by atoms with Crippen LogP contribution in [-0.2, 0) is 26.0 Å². The van der Waals surface area contributed by atoms with Crippen molar-refractivity contribution in [3.8, 4) is 0 Å². The number of anilines is 1. The SMILES string of the molecule is CC(C)OCC(=O)N1CCc2cc(S(=O)(=O)NC3CCCC3)ccc21. The molecule has 7 heteroatoms. The van der Waals surface area contributed by atoms with Crippen LogP contribution in [0.4, 0.5) is 5.69 Å². The highest BCUT2D eigenvalue weighted by molar-refractivity contribution is 7.89. The van der Waals surface area contributed by atoms with E-state index >= 15 is 0 Å². The van der Waals surface area contributed by atoms with Crippen LogP contribution in [0.25, 0.3) is 0 Å². The number of nitrogens with one attached hydrogen (secondary N) is 1. The van der Waals surface area contributed by atoms with Crippen LogP contribution in [0.3, 0.4) is 0 Å². The minimum absolute atomic E-state index is 0.000189. The lowest BCUT2D eigenvalue weighted by Crippen LogP contribution is -2.33. The third-order valence-corrected chi connectivity index (χ3v) is 6.29. The number of hydrogen-bond donors (Lipinski definition) is 1. The Morgan fingerprint density at radius 1 is 1.32 bits per heavy atom. The number of nitrogens with zero attached hydrogens (tertiary/aromatic N) is 1. The molecule has 0 radical (unpaired) electrons. The summed E-state index contributed by atoms with van der Waals surface area (Å²) in [5.74, 6) is -0.0906. The van der Waals surface area contributed by atoms with Crippen molar-refractivity contribution in [3.05, 3.63) is 23.8 Å². The first-order valence-electron chi connectivity index (χ1n) is 8.94. The number of hydrogen-bond acceptors (Lipinski definition) is 4. The third kappa shape index (κ3) is 4.22. The molecule has 1 aliphatic heterocycles. The van der Waals surface area contributed by atoms with Crippen molar-refractivity contribution in [1.82, 2.24) is 4.72 Å². The number of ether oxygens (including phenoxy) is 1. The van der Waals surface area contributed by atoms with Gasteiger partial charge in [-0.15, -0.1) is 0 Å². The summed E-state index contributed by atoms with van der Waals surface area (Å²) < 4.78 is 33.3. The Balaban J connectivity index is 1.73. The summed E-state index contributed by atoms with van der Waals surface area (Å²) in [6, 6.07) is 5.07. The van der Waals surface area contributed by atoms with E-state index in [4.69, 9.17) is 4.74 Å². The summed E-state index contributed by atoms with van der Waals surface area (Å²) in [5.41, 5.74) is 1.68. The third-order valence-electron chi connectivity index (χ3n) is 4.77. The first-order chi connectivity index (χ1) is 11.9. The molecule has 0 aromatic heterocycles. The van der Waals surface area contributed by atoms with Crippen LogP contribution < -0.4 is 9.62 Å². The number of benzene rings is 1. The largest absolute Gasteiger partial charge is 0.369 e. The molecule has 1 aromatic carbocycles. The predicted octanol–water partition coefficient (Wildman–Crippen LogP) is 2.22. The maximum Gasteiger partial charge on any atom is 0.253 e. The van der Waals surface area contributed by atoms with Gasteiger partial charge in [0, 0.05) is 18.3 Å². The number of sulfonamides is 1. The van der Waals surface area contributed by atoms with Crippen LogP contribution in [0.15, 0.2) is 23.1 Å². The molecule has 3 rings (SSSR count). The van der Waals surface area contributed by atoms with E-state index in [1.165, 1.54) is 0 Å². The monoisotopic (exact) mass is 366 g/mol. The number of fused-ring (bicyclic) bond motifs is 1. The molecular weight excluding hydrogens is 340 g/mol. The van der Waals surface area contributed by atoms with Crippen LogP contribution >= 0.6 is 0 Å². The van der Waals surface area contributed by atoms with E-state index < -0.39 is 10.0 Å². The molecule has 0 saturated heterocycles. The summed E-state index contributed by atoms with van der Waals surface area (Å²) >= 11 is 0. The molecule has 0 bridgehead atoms. The Morgan fingerprint density at radius 2 is 2.04 bits per heavy atom. The highest BCUT2D eigenvalue weighted by atomic mass is 32.2. The van der Waals surface area contributed by atoms with E-state index in [0.29, 0.717) is 13.0 Å². The smallest absolute Gasteiger partial charge is 0.253 e. The Morgan fingerprint density at radius 3 is 2.72 bits per heavy atom. The van der Waals surface area contributed by atoms with Crippen LogP contribution in [0, 0.1) is 0 Å². The molecule has 1 aromatic rings. The molecule has 1 heterocycles. The topological polar surface area (TPSA) is 75.7 Å². The molecule has 6 nitrogen and oxygen atoms in total. The van der Waals surface area contributed by atoms with Gasteiger partial charge < -0.3 is 9.64 Å². The van der Waals surface area contributed by atoms with Crippen molar-refractivity contribution in [2.45, 2.75) is 63.0 Å². The Bertz CT molecular complexity index is 739. The van der Waals surface area contributed by atoms with Gasteiger partial charge in [-0.1, -0.05) is 12.8 Å². The molecule has 0 spiro atoms. The van der Waals surface area contributed by atoms with E-state index in [0.717, 1.165) is 36.9 Å². The molecule has 0 unspecified atom stereocenters. The fraction of sp³-hybridized carbons (Fsp3) is 0.611. The fourth-order valence-electron chi connectivity index (χ4n) is 3.45. The second kappa shape index (κ2) is 7.43. The van der Waals surface area contributed by atoms with E-state index in [-0.39, 0.29) is 29.6 Å². The fourth-order valence-corrected chi connectivity index (χ4v) is 4.81. The van der Waals surface area contributed by atoms with Gasteiger partial charge in [0.1, 0.15) is 6.61 Å². The number of rotatable bonds is 6. The zero-order valence-corrected chi connectivity index (χ0v) is 15.6. The van der Waals surface area contributed by atoms with Crippen LogP contribution in [-0.4, -0.2) is 39.6 Å². The van der Waals surface area contributed by atoms with Crippen molar-refractivity contribution >= 4 is 21.6 Å². The van der Waals surface area contributed by atoms with Gasteiger partial charge in [0.25, 0.3) is 5.91 Å².